The number of para-hydroxylation sites is 1. The number of benzene rings is 3. The fourth-order valence-electron chi connectivity index (χ4n) is 2.82. The van der Waals surface area contributed by atoms with E-state index in [2.05, 4.69) is 20.6 Å². The first-order valence-electron chi connectivity index (χ1n) is 8.98. The van der Waals surface area contributed by atoms with Gasteiger partial charge in [0.25, 0.3) is 0 Å². The molecule has 28 heavy (non-hydrogen) atoms. The first-order chi connectivity index (χ1) is 13.8. The topological polar surface area (TPSA) is 59.1 Å². The Bertz CT molecular complexity index is 1050. The fourth-order valence-corrected chi connectivity index (χ4v) is 2.82. The molecule has 0 amide bonds. The molecule has 138 valence electrons. The molecule has 0 saturated heterocycles. The molecule has 0 atom stereocenters. The van der Waals surface area contributed by atoms with Gasteiger partial charge in [-0.15, -0.1) is 0 Å². The summed E-state index contributed by atoms with van der Waals surface area (Å²) >= 11 is 0. The van der Waals surface area contributed by atoms with Crippen LogP contribution in [0.4, 0.5) is 23.1 Å². The molecule has 1 heterocycles. The molecule has 3 aromatic carbocycles. The van der Waals surface area contributed by atoms with Crippen molar-refractivity contribution < 1.29 is 4.74 Å². The maximum Gasteiger partial charge on any atom is 0.229 e. The van der Waals surface area contributed by atoms with Crippen molar-refractivity contribution in [2.24, 2.45) is 0 Å². The highest BCUT2D eigenvalue weighted by Gasteiger charge is 2.08. The van der Waals surface area contributed by atoms with Crippen LogP contribution in [-0.2, 0) is 0 Å². The van der Waals surface area contributed by atoms with E-state index < -0.39 is 0 Å². The third kappa shape index (κ3) is 4.27. The zero-order valence-corrected chi connectivity index (χ0v) is 15.5. The van der Waals surface area contributed by atoms with Crippen molar-refractivity contribution in [3.63, 3.8) is 0 Å². The van der Waals surface area contributed by atoms with Crippen LogP contribution >= 0.6 is 0 Å². The molecule has 1 aromatic heterocycles. The van der Waals surface area contributed by atoms with Crippen LogP contribution in [0.25, 0.3) is 11.3 Å². The van der Waals surface area contributed by atoms with Crippen molar-refractivity contribution in [3.05, 3.63) is 91.0 Å². The Hall–Kier alpha value is -3.86. The van der Waals surface area contributed by atoms with E-state index in [1.807, 2.05) is 91.0 Å². The highest BCUT2D eigenvalue weighted by atomic mass is 16.5. The third-order valence-electron chi connectivity index (χ3n) is 4.17. The number of aromatic nitrogens is 2. The number of rotatable bonds is 6. The second kappa shape index (κ2) is 8.22. The maximum absolute atomic E-state index is 5.30. The zero-order valence-electron chi connectivity index (χ0n) is 15.5. The number of hydrogen-bond acceptors (Lipinski definition) is 5. The minimum absolute atomic E-state index is 0.526. The molecule has 0 bridgehead atoms. The molecule has 0 aliphatic heterocycles. The van der Waals surface area contributed by atoms with Gasteiger partial charge in [-0.05, 0) is 24.3 Å². The van der Waals surface area contributed by atoms with Crippen LogP contribution in [0.15, 0.2) is 91.0 Å². The van der Waals surface area contributed by atoms with E-state index in [1.54, 1.807) is 7.11 Å². The van der Waals surface area contributed by atoms with Crippen molar-refractivity contribution in [2.75, 3.05) is 17.7 Å². The lowest BCUT2D eigenvalue weighted by molar-refractivity contribution is 0.415. The molecule has 0 fully saturated rings. The summed E-state index contributed by atoms with van der Waals surface area (Å²) in [6.07, 6.45) is 0. The summed E-state index contributed by atoms with van der Waals surface area (Å²) in [5, 5.41) is 6.62. The lowest BCUT2D eigenvalue weighted by Crippen LogP contribution is -2.02. The molecule has 0 spiro atoms. The van der Waals surface area contributed by atoms with Crippen molar-refractivity contribution in [1.29, 1.82) is 0 Å². The summed E-state index contributed by atoms with van der Waals surface area (Å²) in [6, 6.07) is 29.6. The van der Waals surface area contributed by atoms with Crippen LogP contribution in [0.1, 0.15) is 0 Å². The van der Waals surface area contributed by atoms with Gasteiger partial charge in [0.05, 0.1) is 12.8 Å². The minimum atomic E-state index is 0.526. The Kier molecular flexibility index (Phi) is 5.15. The van der Waals surface area contributed by atoms with Crippen molar-refractivity contribution >= 4 is 23.1 Å². The number of methoxy groups -OCH3 is 1. The second-order valence-corrected chi connectivity index (χ2v) is 6.18. The smallest absolute Gasteiger partial charge is 0.229 e. The average Bonchev–Trinajstić information content (AvgIpc) is 2.75. The molecule has 4 aromatic rings. The second-order valence-electron chi connectivity index (χ2n) is 6.18. The van der Waals surface area contributed by atoms with Gasteiger partial charge >= 0.3 is 0 Å². The van der Waals surface area contributed by atoms with E-state index in [0.717, 1.165) is 28.4 Å². The average molecular weight is 368 g/mol. The molecule has 0 aliphatic rings. The molecule has 0 saturated carbocycles. The maximum atomic E-state index is 5.30. The van der Waals surface area contributed by atoms with E-state index in [-0.39, 0.29) is 0 Å². The van der Waals surface area contributed by atoms with Crippen LogP contribution in [0, 0.1) is 0 Å². The zero-order chi connectivity index (χ0) is 19.2. The normalized spacial score (nSPS) is 10.3. The van der Waals surface area contributed by atoms with Crippen LogP contribution in [-0.4, -0.2) is 17.1 Å². The van der Waals surface area contributed by atoms with Gasteiger partial charge in [-0.2, -0.15) is 4.98 Å². The predicted molar refractivity (Wildman–Crippen MR) is 113 cm³/mol. The van der Waals surface area contributed by atoms with Gasteiger partial charge in [-0.25, -0.2) is 4.98 Å². The Labute approximate surface area is 164 Å². The lowest BCUT2D eigenvalue weighted by Gasteiger charge is -2.12. The number of hydrogen-bond donors (Lipinski definition) is 2. The molecular weight excluding hydrogens is 348 g/mol. The number of ether oxygens (including phenoxy) is 1. The highest BCUT2D eigenvalue weighted by Crippen LogP contribution is 2.26. The Morgan fingerprint density at radius 3 is 2.14 bits per heavy atom. The molecule has 0 radical (unpaired) electrons. The quantitative estimate of drug-likeness (QED) is 0.461. The lowest BCUT2D eigenvalue weighted by atomic mass is 10.1. The Morgan fingerprint density at radius 2 is 1.39 bits per heavy atom. The number of nitrogens with zero attached hydrogens (tertiary/aromatic N) is 2. The van der Waals surface area contributed by atoms with E-state index >= 15 is 0 Å². The SMILES string of the molecule is COc1cccc(Nc2cc(-c3ccccc3)nc(Nc3ccccc3)n2)c1. The molecule has 0 aliphatic carbocycles. The molecular formula is C23H20N4O. The first kappa shape index (κ1) is 17.5. The molecule has 0 unspecified atom stereocenters. The van der Waals surface area contributed by atoms with Gasteiger partial charge < -0.3 is 15.4 Å². The van der Waals surface area contributed by atoms with Gasteiger partial charge in [-0.3, -0.25) is 0 Å². The van der Waals surface area contributed by atoms with Crippen LogP contribution < -0.4 is 15.4 Å². The fraction of sp³-hybridized carbons (Fsp3) is 0.0435. The number of nitrogens with one attached hydrogen (secondary N) is 2. The first-order valence-corrected chi connectivity index (χ1v) is 8.98. The van der Waals surface area contributed by atoms with Crippen LogP contribution in [0.2, 0.25) is 0 Å². The summed E-state index contributed by atoms with van der Waals surface area (Å²) in [7, 11) is 1.65. The molecule has 2 N–H and O–H groups in total. The summed E-state index contributed by atoms with van der Waals surface area (Å²) in [5.74, 6) is 2.00. The van der Waals surface area contributed by atoms with E-state index in [0.29, 0.717) is 11.8 Å². The number of anilines is 4. The minimum Gasteiger partial charge on any atom is -0.497 e. The Morgan fingerprint density at radius 1 is 0.679 bits per heavy atom. The molecule has 4 rings (SSSR count). The van der Waals surface area contributed by atoms with Crippen LogP contribution in [0.5, 0.6) is 5.75 Å². The van der Waals surface area contributed by atoms with Gasteiger partial charge in [-0.1, -0.05) is 54.6 Å². The van der Waals surface area contributed by atoms with E-state index in [4.69, 9.17) is 4.74 Å². The van der Waals surface area contributed by atoms with Crippen molar-refractivity contribution in [1.82, 2.24) is 9.97 Å². The largest absolute Gasteiger partial charge is 0.497 e. The summed E-state index contributed by atoms with van der Waals surface area (Å²) in [6.45, 7) is 0. The van der Waals surface area contributed by atoms with Gasteiger partial charge in [0.15, 0.2) is 0 Å². The van der Waals surface area contributed by atoms with Crippen molar-refractivity contribution in [2.45, 2.75) is 0 Å². The molecule has 5 heteroatoms. The van der Waals surface area contributed by atoms with Gasteiger partial charge in [0.2, 0.25) is 5.95 Å². The van der Waals surface area contributed by atoms with Crippen molar-refractivity contribution in [3.8, 4) is 17.0 Å². The summed E-state index contributed by atoms with van der Waals surface area (Å²) < 4.78 is 5.30. The van der Waals surface area contributed by atoms with Gasteiger partial charge in [0.1, 0.15) is 11.6 Å². The van der Waals surface area contributed by atoms with Gasteiger partial charge in [0, 0.05) is 29.1 Å². The monoisotopic (exact) mass is 368 g/mol. The standard InChI is InChI=1S/C23H20N4O/c1-28-20-14-8-13-19(15-20)24-22-16-21(17-9-4-2-5-10-17)26-23(27-22)25-18-11-6-3-7-12-18/h2-16H,1H3,(H2,24,25,26,27). The van der Waals surface area contributed by atoms with E-state index in [1.165, 1.54) is 0 Å². The van der Waals surface area contributed by atoms with E-state index in [9.17, 15) is 0 Å². The predicted octanol–water partition coefficient (Wildman–Crippen LogP) is 5.64. The summed E-state index contributed by atoms with van der Waals surface area (Å²) in [5.41, 5.74) is 3.68. The Balaban J connectivity index is 1.71. The summed E-state index contributed by atoms with van der Waals surface area (Å²) in [4.78, 5) is 9.32. The molecule has 5 nitrogen and oxygen atoms in total. The highest BCUT2D eigenvalue weighted by molar-refractivity contribution is 5.69. The van der Waals surface area contributed by atoms with Crippen LogP contribution in [0.3, 0.4) is 0 Å². The third-order valence-corrected chi connectivity index (χ3v) is 4.17.